The first-order chi connectivity index (χ1) is 32.5. The molecular formula is C51H101N9O7. The van der Waals surface area contributed by atoms with Gasteiger partial charge in [-0.1, -0.05) is 111 Å². The van der Waals surface area contributed by atoms with Crippen molar-refractivity contribution in [3.8, 4) is 0 Å². The lowest BCUT2D eigenvalue weighted by Crippen LogP contribution is -2.46. The molecule has 3 aliphatic rings. The van der Waals surface area contributed by atoms with Crippen LogP contribution in [0.4, 0.5) is 0 Å². The number of nitrogens with one attached hydrogen (secondary N) is 2. The monoisotopic (exact) mass is 952 g/mol. The molecule has 0 radical (unpaired) electrons. The standard InChI is InChI=1S/C18H35N3O2.C17H33N3O2.C13H23NO3.C3H10N2/c1-2-3-4-5-7-12-17(22)21-15-10-11-16(21)18(23)20-14-9-6-8-13-19;1-2-3-4-5-6-7-11-16(21)20-14-8-10-15(20)17(22)19-13-9-12-18;1-2-3-4-5-6-9-12(15)14-10-7-8-11(14)13(16)17;4-2-1-3-5/h16H,2-15,19H2,1H3,(H,20,23);15H,2-14,18H2,1H3,(H,19,22);11H,2-10H2,1H3,(H,16,17);1-5H2/t16-;15-;11-;/m100./s1. The summed E-state index contributed by atoms with van der Waals surface area (Å²) in [6.45, 7) is 12.6. The third-order valence-electron chi connectivity index (χ3n) is 12.6. The smallest absolute Gasteiger partial charge is 0.326 e. The Bertz CT molecular complexity index is 1260. The maximum Gasteiger partial charge on any atom is 0.326 e. The Kier molecular flexibility index (Phi) is 41.7. The zero-order valence-electron chi connectivity index (χ0n) is 42.9. The summed E-state index contributed by atoms with van der Waals surface area (Å²) in [5.74, 6) is -0.528. The Morgan fingerprint density at radius 3 is 1.07 bits per heavy atom. The van der Waals surface area contributed by atoms with Gasteiger partial charge in [-0.25, -0.2) is 4.79 Å². The van der Waals surface area contributed by atoms with Gasteiger partial charge in [0.2, 0.25) is 29.5 Å². The number of aliphatic carboxylic acids is 1. The number of likely N-dealkylation sites (tertiary alicyclic amines) is 3. The predicted octanol–water partition coefficient (Wildman–Crippen LogP) is 6.49. The molecule has 0 aromatic heterocycles. The van der Waals surface area contributed by atoms with Crippen LogP contribution in [0.15, 0.2) is 0 Å². The summed E-state index contributed by atoms with van der Waals surface area (Å²) in [4.78, 5) is 77.0. The second-order valence-electron chi connectivity index (χ2n) is 18.4. The zero-order valence-corrected chi connectivity index (χ0v) is 42.9. The third kappa shape index (κ3) is 30.7. The van der Waals surface area contributed by atoms with Crippen molar-refractivity contribution < 1.29 is 33.9 Å². The third-order valence-corrected chi connectivity index (χ3v) is 12.6. The zero-order chi connectivity index (χ0) is 49.9. The van der Waals surface area contributed by atoms with E-state index in [-0.39, 0.29) is 41.6 Å². The first-order valence-corrected chi connectivity index (χ1v) is 27.0. The van der Waals surface area contributed by atoms with Crippen molar-refractivity contribution >= 4 is 35.5 Å². The number of nitrogens with two attached hydrogens (primary N) is 4. The van der Waals surface area contributed by atoms with E-state index in [2.05, 4.69) is 31.4 Å². The molecule has 0 spiro atoms. The molecule has 67 heavy (non-hydrogen) atoms. The Morgan fingerprint density at radius 1 is 0.418 bits per heavy atom. The van der Waals surface area contributed by atoms with Crippen LogP contribution < -0.4 is 33.6 Å². The second-order valence-corrected chi connectivity index (χ2v) is 18.4. The number of rotatable bonds is 32. The van der Waals surface area contributed by atoms with Crippen molar-refractivity contribution in [3.05, 3.63) is 0 Å². The number of carbonyl (C=O) groups is 6. The highest BCUT2D eigenvalue weighted by atomic mass is 16.4. The molecule has 0 aliphatic carbocycles. The van der Waals surface area contributed by atoms with Crippen LogP contribution in [0.25, 0.3) is 0 Å². The minimum absolute atomic E-state index is 0.0118. The van der Waals surface area contributed by atoms with Gasteiger partial charge in [0, 0.05) is 52.0 Å². The molecule has 3 saturated heterocycles. The van der Waals surface area contributed by atoms with E-state index in [0.717, 1.165) is 129 Å². The molecule has 5 amide bonds. The van der Waals surface area contributed by atoms with Crippen molar-refractivity contribution in [2.45, 2.75) is 232 Å². The number of amides is 5. The lowest BCUT2D eigenvalue weighted by atomic mass is 10.1. The summed E-state index contributed by atoms with van der Waals surface area (Å²) in [7, 11) is 0. The van der Waals surface area contributed by atoms with Crippen LogP contribution in [0.1, 0.15) is 213 Å². The van der Waals surface area contributed by atoms with Gasteiger partial charge in [-0.3, -0.25) is 24.0 Å². The lowest BCUT2D eigenvalue weighted by molar-refractivity contribution is -0.148. The molecule has 0 saturated carbocycles. The van der Waals surface area contributed by atoms with Gasteiger partial charge in [0.1, 0.15) is 18.1 Å². The van der Waals surface area contributed by atoms with Crippen LogP contribution >= 0.6 is 0 Å². The predicted molar refractivity (Wildman–Crippen MR) is 272 cm³/mol. The summed E-state index contributed by atoms with van der Waals surface area (Å²) < 4.78 is 0. The van der Waals surface area contributed by atoms with Crippen LogP contribution in [0.5, 0.6) is 0 Å². The molecule has 392 valence electrons. The molecule has 3 fully saturated rings. The second kappa shape index (κ2) is 43.9. The molecule has 0 aromatic rings. The van der Waals surface area contributed by atoms with Crippen molar-refractivity contribution in [2.75, 3.05) is 58.9 Å². The van der Waals surface area contributed by atoms with Gasteiger partial charge in [-0.2, -0.15) is 0 Å². The molecule has 3 rings (SSSR count). The molecule has 3 atom stereocenters. The largest absolute Gasteiger partial charge is 0.480 e. The minimum atomic E-state index is -0.859. The SMILES string of the molecule is CCCCCCCC(=O)N1CCC[C@@H]1C(=O)NCCCCCN.CCCCCCCC(=O)N1CCC[C@H]1C(=O)O.CCCCCCCCC(=O)N1CCC[C@H]1C(=O)NCCCN.NCCCN. The molecule has 0 unspecified atom stereocenters. The number of nitrogens with zero attached hydrogens (tertiary/aromatic N) is 3. The highest BCUT2D eigenvalue weighted by Crippen LogP contribution is 2.22. The van der Waals surface area contributed by atoms with E-state index in [4.69, 9.17) is 28.0 Å². The van der Waals surface area contributed by atoms with Gasteiger partial charge in [-0.05, 0) is 110 Å². The van der Waals surface area contributed by atoms with Crippen molar-refractivity contribution in [1.82, 2.24) is 25.3 Å². The number of hydrogen-bond donors (Lipinski definition) is 7. The molecule has 11 N–H and O–H groups in total. The summed E-state index contributed by atoms with van der Waals surface area (Å²) in [6.07, 6.45) is 29.6. The van der Waals surface area contributed by atoms with Gasteiger partial charge in [0.25, 0.3) is 0 Å². The highest BCUT2D eigenvalue weighted by Gasteiger charge is 2.35. The molecule has 16 heteroatoms. The van der Waals surface area contributed by atoms with Gasteiger partial charge < -0.3 is 53.4 Å². The normalized spacial score (nSPS) is 17.4. The van der Waals surface area contributed by atoms with E-state index < -0.39 is 12.0 Å². The summed E-state index contributed by atoms with van der Waals surface area (Å²) in [6, 6.07) is -1.07. The summed E-state index contributed by atoms with van der Waals surface area (Å²) in [5.41, 5.74) is 21.0. The van der Waals surface area contributed by atoms with Gasteiger partial charge in [0.05, 0.1) is 0 Å². The van der Waals surface area contributed by atoms with Gasteiger partial charge in [-0.15, -0.1) is 0 Å². The van der Waals surface area contributed by atoms with E-state index in [1.165, 1.54) is 64.2 Å². The number of unbranched alkanes of at least 4 members (excludes halogenated alkanes) is 15. The highest BCUT2D eigenvalue weighted by molar-refractivity contribution is 5.89. The topological polar surface area (TPSA) is 261 Å². The van der Waals surface area contributed by atoms with E-state index in [1.54, 1.807) is 14.7 Å². The van der Waals surface area contributed by atoms with Gasteiger partial charge in [0.15, 0.2) is 0 Å². The lowest BCUT2D eigenvalue weighted by Gasteiger charge is -2.24. The number of carboxylic acids is 1. The fourth-order valence-corrected chi connectivity index (χ4v) is 8.57. The number of carbonyl (C=O) groups excluding carboxylic acids is 5. The molecule has 3 aliphatic heterocycles. The van der Waals surface area contributed by atoms with Crippen molar-refractivity contribution in [1.29, 1.82) is 0 Å². The quantitative estimate of drug-likeness (QED) is 0.0359. The summed E-state index contributed by atoms with van der Waals surface area (Å²) in [5, 5.41) is 14.8. The van der Waals surface area contributed by atoms with E-state index >= 15 is 0 Å². The van der Waals surface area contributed by atoms with Crippen LogP contribution in [-0.2, 0) is 28.8 Å². The average molecular weight is 952 g/mol. The number of hydrogen-bond acceptors (Lipinski definition) is 10. The summed E-state index contributed by atoms with van der Waals surface area (Å²) >= 11 is 0. The average Bonchev–Trinajstić information content (AvgIpc) is 4.13. The molecular weight excluding hydrogens is 851 g/mol. The molecule has 0 bridgehead atoms. The van der Waals surface area contributed by atoms with Crippen LogP contribution in [-0.4, -0.2) is 132 Å². The van der Waals surface area contributed by atoms with E-state index in [0.29, 0.717) is 58.4 Å². The van der Waals surface area contributed by atoms with Crippen LogP contribution in [0.3, 0.4) is 0 Å². The number of carboxylic acid groups (broad SMARTS) is 1. The molecule has 3 heterocycles. The molecule has 16 nitrogen and oxygen atoms in total. The van der Waals surface area contributed by atoms with Crippen molar-refractivity contribution in [3.63, 3.8) is 0 Å². The first-order valence-electron chi connectivity index (χ1n) is 27.0. The van der Waals surface area contributed by atoms with E-state index in [1.807, 2.05) is 0 Å². The minimum Gasteiger partial charge on any atom is -0.480 e. The Balaban J connectivity index is 0.000000935. The molecule has 0 aromatic carbocycles. The van der Waals surface area contributed by atoms with E-state index in [9.17, 15) is 28.8 Å². The Labute approximate surface area is 406 Å². The van der Waals surface area contributed by atoms with Crippen molar-refractivity contribution in [2.24, 2.45) is 22.9 Å². The van der Waals surface area contributed by atoms with Crippen LogP contribution in [0, 0.1) is 0 Å². The fraction of sp³-hybridized carbons (Fsp3) is 0.882. The Morgan fingerprint density at radius 2 is 0.731 bits per heavy atom. The maximum atomic E-state index is 12.3. The van der Waals surface area contributed by atoms with Crippen LogP contribution in [0.2, 0.25) is 0 Å². The maximum absolute atomic E-state index is 12.3. The first kappa shape index (κ1) is 63.7. The fourth-order valence-electron chi connectivity index (χ4n) is 8.57. The van der Waals surface area contributed by atoms with Gasteiger partial charge >= 0.3 is 5.97 Å². The Hall–Kier alpha value is -3.34.